The number of nitrogens with one attached hydrogen (secondary N) is 2. The lowest BCUT2D eigenvalue weighted by Gasteiger charge is -2.12. The fourth-order valence-corrected chi connectivity index (χ4v) is 2.03. The minimum atomic E-state index is 0.00767. The molecule has 1 heterocycles. The third-order valence-electron chi connectivity index (χ3n) is 3.54. The summed E-state index contributed by atoms with van der Waals surface area (Å²) >= 11 is 0. The molecule has 2 N–H and O–H groups in total. The number of nitrogens with zero attached hydrogens (tertiary/aromatic N) is 1. The molecular weight excluding hydrogens is 274 g/mol. The van der Waals surface area contributed by atoms with Crippen molar-refractivity contribution in [1.82, 2.24) is 4.98 Å². The SMILES string of the molecule is CCC(C)Nc1ccc(NC(=O)CCc2ccccc2)cn1. The number of aryl methyl sites for hydroxylation is 1. The van der Waals surface area contributed by atoms with Crippen molar-refractivity contribution in [3.8, 4) is 0 Å². The number of aromatic nitrogens is 1. The molecule has 1 aromatic carbocycles. The summed E-state index contributed by atoms with van der Waals surface area (Å²) in [4.78, 5) is 16.3. The van der Waals surface area contributed by atoms with E-state index in [9.17, 15) is 4.79 Å². The van der Waals surface area contributed by atoms with Gasteiger partial charge in [0.1, 0.15) is 5.82 Å². The Kier molecular flexibility index (Phi) is 5.95. The van der Waals surface area contributed by atoms with Gasteiger partial charge < -0.3 is 10.6 Å². The second-order valence-corrected chi connectivity index (χ2v) is 5.42. The molecule has 0 radical (unpaired) electrons. The van der Waals surface area contributed by atoms with E-state index < -0.39 is 0 Å². The Bertz CT molecular complexity index is 581. The first-order chi connectivity index (χ1) is 10.7. The van der Waals surface area contributed by atoms with Crippen molar-refractivity contribution in [3.05, 3.63) is 54.2 Å². The highest BCUT2D eigenvalue weighted by molar-refractivity contribution is 5.90. The fraction of sp³-hybridized carbons (Fsp3) is 0.333. The molecule has 2 rings (SSSR count). The quantitative estimate of drug-likeness (QED) is 0.816. The van der Waals surface area contributed by atoms with Gasteiger partial charge >= 0.3 is 0 Å². The fourth-order valence-electron chi connectivity index (χ4n) is 2.03. The molecule has 1 atom stereocenters. The standard InChI is InChI=1S/C18H23N3O/c1-3-14(2)20-17-11-10-16(13-19-17)21-18(22)12-9-15-7-5-4-6-8-15/h4-8,10-11,13-14H,3,9,12H2,1-2H3,(H,19,20)(H,21,22). The molecule has 1 aromatic heterocycles. The highest BCUT2D eigenvalue weighted by Crippen LogP contribution is 2.12. The van der Waals surface area contributed by atoms with E-state index in [-0.39, 0.29) is 5.91 Å². The van der Waals surface area contributed by atoms with E-state index in [0.717, 1.165) is 24.3 Å². The van der Waals surface area contributed by atoms with Gasteiger partial charge in [-0.1, -0.05) is 37.3 Å². The summed E-state index contributed by atoms with van der Waals surface area (Å²) in [5.41, 5.74) is 1.90. The number of carbonyl (C=O) groups is 1. The van der Waals surface area contributed by atoms with Crippen LogP contribution in [0.5, 0.6) is 0 Å². The second-order valence-electron chi connectivity index (χ2n) is 5.42. The van der Waals surface area contributed by atoms with Crippen molar-refractivity contribution < 1.29 is 4.79 Å². The zero-order chi connectivity index (χ0) is 15.8. The Morgan fingerprint density at radius 1 is 1.18 bits per heavy atom. The number of anilines is 2. The minimum absolute atomic E-state index is 0.00767. The van der Waals surface area contributed by atoms with E-state index in [1.165, 1.54) is 5.56 Å². The molecule has 1 amide bonds. The maximum atomic E-state index is 11.9. The van der Waals surface area contributed by atoms with Gasteiger partial charge in [-0.15, -0.1) is 0 Å². The predicted molar refractivity (Wildman–Crippen MR) is 91.0 cm³/mol. The number of hydrogen-bond acceptors (Lipinski definition) is 3. The highest BCUT2D eigenvalue weighted by Gasteiger charge is 2.04. The van der Waals surface area contributed by atoms with Gasteiger partial charge in [-0.05, 0) is 37.5 Å². The summed E-state index contributed by atoms with van der Waals surface area (Å²) in [7, 11) is 0. The van der Waals surface area contributed by atoms with Gasteiger partial charge in [0, 0.05) is 12.5 Å². The molecule has 0 spiro atoms. The maximum Gasteiger partial charge on any atom is 0.224 e. The molecule has 0 aliphatic carbocycles. The largest absolute Gasteiger partial charge is 0.368 e. The summed E-state index contributed by atoms with van der Waals surface area (Å²) in [6.07, 6.45) is 3.94. The molecule has 4 heteroatoms. The van der Waals surface area contributed by atoms with Crippen LogP contribution in [0.1, 0.15) is 32.3 Å². The van der Waals surface area contributed by atoms with Crippen LogP contribution in [0.2, 0.25) is 0 Å². The minimum Gasteiger partial charge on any atom is -0.368 e. The van der Waals surface area contributed by atoms with Crippen molar-refractivity contribution in [2.24, 2.45) is 0 Å². The van der Waals surface area contributed by atoms with Gasteiger partial charge in [-0.25, -0.2) is 4.98 Å². The molecule has 1 unspecified atom stereocenters. The summed E-state index contributed by atoms with van der Waals surface area (Å²) < 4.78 is 0. The van der Waals surface area contributed by atoms with Crippen LogP contribution in [-0.4, -0.2) is 16.9 Å². The number of rotatable bonds is 7. The molecule has 22 heavy (non-hydrogen) atoms. The summed E-state index contributed by atoms with van der Waals surface area (Å²) in [6, 6.07) is 14.2. The lowest BCUT2D eigenvalue weighted by molar-refractivity contribution is -0.116. The van der Waals surface area contributed by atoms with Crippen LogP contribution in [-0.2, 0) is 11.2 Å². The molecule has 0 bridgehead atoms. The van der Waals surface area contributed by atoms with E-state index >= 15 is 0 Å². The van der Waals surface area contributed by atoms with E-state index in [1.807, 2.05) is 42.5 Å². The number of hydrogen-bond donors (Lipinski definition) is 2. The Hall–Kier alpha value is -2.36. The van der Waals surface area contributed by atoms with E-state index in [0.29, 0.717) is 12.5 Å². The molecule has 4 nitrogen and oxygen atoms in total. The smallest absolute Gasteiger partial charge is 0.224 e. The van der Waals surface area contributed by atoms with Crippen LogP contribution in [0.3, 0.4) is 0 Å². The normalized spacial score (nSPS) is 11.7. The van der Waals surface area contributed by atoms with Crippen LogP contribution < -0.4 is 10.6 Å². The third-order valence-corrected chi connectivity index (χ3v) is 3.54. The zero-order valence-corrected chi connectivity index (χ0v) is 13.2. The first-order valence-electron chi connectivity index (χ1n) is 7.73. The van der Waals surface area contributed by atoms with Crippen molar-refractivity contribution in [3.63, 3.8) is 0 Å². The average Bonchev–Trinajstić information content (AvgIpc) is 2.55. The maximum absolute atomic E-state index is 11.9. The van der Waals surface area contributed by atoms with Gasteiger partial charge in [0.2, 0.25) is 5.91 Å². The molecule has 2 aromatic rings. The van der Waals surface area contributed by atoms with Gasteiger partial charge in [0.05, 0.1) is 11.9 Å². The lowest BCUT2D eigenvalue weighted by atomic mass is 10.1. The van der Waals surface area contributed by atoms with E-state index in [4.69, 9.17) is 0 Å². The number of amides is 1. The number of carbonyl (C=O) groups excluding carboxylic acids is 1. The second kappa shape index (κ2) is 8.17. The van der Waals surface area contributed by atoms with Crippen molar-refractivity contribution in [2.45, 2.75) is 39.2 Å². The van der Waals surface area contributed by atoms with Gasteiger partial charge in [-0.2, -0.15) is 0 Å². The molecule has 0 fully saturated rings. The number of pyridine rings is 1. The van der Waals surface area contributed by atoms with Crippen LogP contribution in [0.4, 0.5) is 11.5 Å². The Morgan fingerprint density at radius 3 is 2.59 bits per heavy atom. The Morgan fingerprint density at radius 2 is 1.95 bits per heavy atom. The van der Waals surface area contributed by atoms with Gasteiger partial charge in [0.25, 0.3) is 0 Å². The third kappa shape index (κ3) is 5.20. The molecular formula is C18H23N3O. The van der Waals surface area contributed by atoms with Crippen molar-refractivity contribution in [2.75, 3.05) is 10.6 Å². The highest BCUT2D eigenvalue weighted by atomic mass is 16.1. The van der Waals surface area contributed by atoms with E-state index in [2.05, 4.69) is 29.5 Å². The van der Waals surface area contributed by atoms with Gasteiger partial charge in [0.15, 0.2) is 0 Å². The van der Waals surface area contributed by atoms with Gasteiger partial charge in [-0.3, -0.25) is 4.79 Å². The first-order valence-corrected chi connectivity index (χ1v) is 7.73. The monoisotopic (exact) mass is 297 g/mol. The molecule has 0 saturated heterocycles. The first kappa shape index (κ1) is 16.0. The van der Waals surface area contributed by atoms with Crippen LogP contribution in [0, 0.1) is 0 Å². The Balaban J connectivity index is 1.81. The van der Waals surface area contributed by atoms with Crippen LogP contribution >= 0.6 is 0 Å². The predicted octanol–water partition coefficient (Wildman–Crippen LogP) is 3.86. The van der Waals surface area contributed by atoms with Crippen molar-refractivity contribution in [1.29, 1.82) is 0 Å². The average molecular weight is 297 g/mol. The summed E-state index contributed by atoms with van der Waals surface area (Å²) in [6.45, 7) is 4.24. The van der Waals surface area contributed by atoms with Crippen LogP contribution in [0.15, 0.2) is 48.7 Å². The van der Waals surface area contributed by atoms with Crippen molar-refractivity contribution >= 4 is 17.4 Å². The van der Waals surface area contributed by atoms with E-state index in [1.54, 1.807) is 6.20 Å². The topological polar surface area (TPSA) is 54.0 Å². The molecule has 0 aliphatic heterocycles. The molecule has 0 saturated carbocycles. The zero-order valence-electron chi connectivity index (χ0n) is 13.2. The summed E-state index contributed by atoms with van der Waals surface area (Å²) in [5.74, 6) is 0.838. The molecule has 0 aliphatic rings. The lowest BCUT2D eigenvalue weighted by Crippen LogP contribution is -2.15. The summed E-state index contributed by atoms with van der Waals surface area (Å²) in [5, 5.41) is 6.17. The number of benzene rings is 1. The molecule has 116 valence electrons. The van der Waals surface area contributed by atoms with Crippen LogP contribution in [0.25, 0.3) is 0 Å². The Labute approximate surface area is 132 Å².